The number of carboxylic acid groups (broad SMARTS) is 1. The highest BCUT2D eigenvalue weighted by Gasteiger charge is 2.58. The van der Waals surface area contributed by atoms with Gasteiger partial charge in [-0.1, -0.05) is 25.4 Å². The predicted octanol–water partition coefficient (Wildman–Crippen LogP) is 2.88. The normalized spacial score (nSPS) is 26.6. The van der Waals surface area contributed by atoms with Crippen molar-refractivity contribution in [1.82, 2.24) is 10.3 Å². The lowest BCUT2D eigenvalue weighted by atomic mass is 9.65. The lowest BCUT2D eigenvalue weighted by Crippen LogP contribution is -2.45. The highest BCUT2D eigenvalue weighted by Crippen LogP contribution is 2.56. The highest BCUT2D eigenvalue weighted by molar-refractivity contribution is 6.30. The fourth-order valence-electron chi connectivity index (χ4n) is 3.15. The first kappa shape index (κ1) is 16.7. The molecule has 6 heteroatoms. The number of carboxylic acids is 1. The van der Waals surface area contributed by atoms with Crippen molar-refractivity contribution in [2.24, 2.45) is 16.7 Å². The summed E-state index contributed by atoms with van der Waals surface area (Å²) >= 11 is 5.77. The number of amides is 1. The van der Waals surface area contributed by atoms with Gasteiger partial charge in [-0.2, -0.15) is 0 Å². The average molecular weight is 325 g/mol. The molecule has 1 aliphatic rings. The van der Waals surface area contributed by atoms with E-state index in [1.54, 1.807) is 19.1 Å². The summed E-state index contributed by atoms with van der Waals surface area (Å²) in [6.45, 7) is 5.76. The number of hydrogen-bond acceptors (Lipinski definition) is 3. The number of nitrogens with zero attached hydrogens (tertiary/aromatic N) is 1. The molecule has 0 aromatic carbocycles. The Morgan fingerprint density at radius 3 is 2.59 bits per heavy atom. The topological polar surface area (TPSA) is 79.3 Å². The van der Waals surface area contributed by atoms with Gasteiger partial charge >= 0.3 is 5.97 Å². The molecule has 1 aliphatic carbocycles. The molecule has 2 N–H and O–H groups in total. The minimum Gasteiger partial charge on any atom is -0.481 e. The Morgan fingerprint density at radius 2 is 2.09 bits per heavy atom. The zero-order valence-corrected chi connectivity index (χ0v) is 13.8. The summed E-state index contributed by atoms with van der Waals surface area (Å²) in [7, 11) is 0. The van der Waals surface area contributed by atoms with Crippen LogP contribution in [-0.2, 0) is 16.1 Å². The Hall–Kier alpha value is -1.62. The Labute approximate surface area is 135 Å². The number of aromatic nitrogens is 1. The van der Waals surface area contributed by atoms with E-state index in [0.717, 1.165) is 5.69 Å². The standard InChI is InChI=1S/C16H21ClN2O3/c1-15(2)12(6-7-16(15,3)14(21)22)13(20)19-9-11-5-4-10(17)8-18-11/h4-5,8,12H,6-7,9H2,1-3H3,(H,19,20)(H,21,22)/t12-,16+/m1/s1. The number of hydrogen-bond donors (Lipinski definition) is 2. The molecule has 0 aliphatic heterocycles. The SMILES string of the molecule is CC1(C)[C@@H](C(=O)NCc2ccc(Cl)cn2)CC[C@@]1(C)C(=O)O. The van der Waals surface area contributed by atoms with Gasteiger partial charge in [0.15, 0.2) is 0 Å². The zero-order valence-electron chi connectivity index (χ0n) is 13.0. The Morgan fingerprint density at radius 1 is 1.41 bits per heavy atom. The first-order valence-corrected chi connectivity index (χ1v) is 7.68. The molecular weight excluding hydrogens is 304 g/mol. The van der Waals surface area contributed by atoms with Gasteiger partial charge in [0.1, 0.15) is 0 Å². The molecule has 5 nitrogen and oxygen atoms in total. The van der Waals surface area contributed by atoms with Crippen LogP contribution in [0.1, 0.15) is 39.3 Å². The van der Waals surface area contributed by atoms with Gasteiger partial charge in [-0.25, -0.2) is 0 Å². The van der Waals surface area contributed by atoms with Crippen molar-refractivity contribution < 1.29 is 14.7 Å². The Kier molecular flexibility index (Phi) is 4.47. The van der Waals surface area contributed by atoms with Crippen molar-refractivity contribution in [2.45, 2.75) is 40.2 Å². The van der Waals surface area contributed by atoms with Gasteiger partial charge in [-0.15, -0.1) is 0 Å². The van der Waals surface area contributed by atoms with Crippen LogP contribution < -0.4 is 5.32 Å². The maximum Gasteiger partial charge on any atom is 0.309 e. The lowest BCUT2D eigenvalue weighted by molar-refractivity contribution is -0.155. The molecular formula is C16H21ClN2O3. The van der Waals surface area contributed by atoms with Crippen molar-refractivity contribution in [3.8, 4) is 0 Å². The Balaban J connectivity index is 2.04. The molecule has 0 saturated heterocycles. The van der Waals surface area contributed by atoms with E-state index >= 15 is 0 Å². The van der Waals surface area contributed by atoms with Gasteiger partial charge in [0.05, 0.1) is 22.7 Å². The van der Waals surface area contributed by atoms with E-state index < -0.39 is 16.8 Å². The molecule has 2 atom stereocenters. The molecule has 22 heavy (non-hydrogen) atoms. The van der Waals surface area contributed by atoms with Gasteiger partial charge in [-0.05, 0) is 37.3 Å². The number of nitrogens with one attached hydrogen (secondary N) is 1. The van der Waals surface area contributed by atoms with Gasteiger partial charge in [0, 0.05) is 12.1 Å². The first-order chi connectivity index (χ1) is 10.2. The monoisotopic (exact) mass is 324 g/mol. The van der Waals surface area contributed by atoms with Crippen LogP contribution in [0.4, 0.5) is 0 Å². The van der Waals surface area contributed by atoms with Gasteiger partial charge in [-0.3, -0.25) is 14.6 Å². The maximum absolute atomic E-state index is 12.5. The van der Waals surface area contributed by atoms with Gasteiger partial charge in [0.25, 0.3) is 0 Å². The lowest BCUT2D eigenvalue weighted by Gasteiger charge is -2.37. The molecule has 2 rings (SSSR count). The maximum atomic E-state index is 12.5. The van der Waals surface area contributed by atoms with Crippen LogP contribution >= 0.6 is 11.6 Å². The van der Waals surface area contributed by atoms with Crippen LogP contribution in [0.5, 0.6) is 0 Å². The summed E-state index contributed by atoms with van der Waals surface area (Å²) in [4.78, 5) is 28.1. The smallest absolute Gasteiger partial charge is 0.309 e. The van der Waals surface area contributed by atoms with Crippen LogP contribution in [0.25, 0.3) is 0 Å². The number of pyridine rings is 1. The Bertz CT molecular complexity index is 586. The first-order valence-electron chi connectivity index (χ1n) is 7.30. The molecule has 1 aromatic rings. The van der Waals surface area contributed by atoms with E-state index in [1.807, 2.05) is 13.8 Å². The number of aliphatic carboxylic acids is 1. The number of carbonyl (C=O) groups excluding carboxylic acids is 1. The van der Waals surface area contributed by atoms with Crippen LogP contribution in [0, 0.1) is 16.7 Å². The molecule has 1 aromatic heterocycles. The van der Waals surface area contributed by atoms with Crippen molar-refractivity contribution in [3.63, 3.8) is 0 Å². The van der Waals surface area contributed by atoms with Crippen LogP contribution in [0.15, 0.2) is 18.3 Å². The van der Waals surface area contributed by atoms with E-state index in [9.17, 15) is 14.7 Å². The quantitative estimate of drug-likeness (QED) is 0.892. The van der Waals surface area contributed by atoms with E-state index in [0.29, 0.717) is 24.4 Å². The number of carbonyl (C=O) groups is 2. The summed E-state index contributed by atoms with van der Waals surface area (Å²) in [6, 6.07) is 3.47. The highest BCUT2D eigenvalue weighted by atomic mass is 35.5. The summed E-state index contributed by atoms with van der Waals surface area (Å²) in [5.74, 6) is -1.28. The average Bonchev–Trinajstić information content (AvgIpc) is 2.70. The molecule has 120 valence electrons. The fourth-order valence-corrected chi connectivity index (χ4v) is 3.27. The van der Waals surface area contributed by atoms with E-state index in [4.69, 9.17) is 11.6 Å². The largest absolute Gasteiger partial charge is 0.481 e. The second kappa shape index (κ2) is 5.88. The van der Waals surface area contributed by atoms with Crippen LogP contribution in [0.3, 0.4) is 0 Å². The molecule has 1 amide bonds. The molecule has 0 bridgehead atoms. The summed E-state index contributed by atoms with van der Waals surface area (Å²) in [5, 5.41) is 12.9. The predicted molar refractivity (Wildman–Crippen MR) is 83.3 cm³/mol. The van der Waals surface area contributed by atoms with Crippen LogP contribution in [-0.4, -0.2) is 22.0 Å². The van der Waals surface area contributed by atoms with Gasteiger partial charge in [0.2, 0.25) is 5.91 Å². The zero-order chi connectivity index (χ0) is 16.5. The van der Waals surface area contributed by atoms with E-state index in [-0.39, 0.29) is 11.8 Å². The van der Waals surface area contributed by atoms with Crippen molar-refractivity contribution in [1.29, 1.82) is 0 Å². The number of halogens is 1. The molecule has 0 radical (unpaired) electrons. The minimum absolute atomic E-state index is 0.119. The third-order valence-corrected chi connectivity index (χ3v) is 5.47. The van der Waals surface area contributed by atoms with Crippen molar-refractivity contribution in [2.75, 3.05) is 0 Å². The van der Waals surface area contributed by atoms with E-state index in [2.05, 4.69) is 10.3 Å². The fraction of sp³-hybridized carbons (Fsp3) is 0.562. The second-order valence-electron chi connectivity index (χ2n) is 6.64. The number of rotatable bonds is 4. The molecule has 1 saturated carbocycles. The molecule has 0 spiro atoms. The molecule has 1 heterocycles. The van der Waals surface area contributed by atoms with Crippen LogP contribution in [0.2, 0.25) is 5.02 Å². The summed E-state index contributed by atoms with van der Waals surface area (Å²) < 4.78 is 0. The summed E-state index contributed by atoms with van der Waals surface area (Å²) in [5.41, 5.74) is -0.765. The summed E-state index contributed by atoms with van der Waals surface area (Å²) in [6.07, 6.45) is 2.62. The molecule has 0 unspecified atom stereocenters. The minimum atomic E-state index is -0.881. The third kappa shape index (κ3) is 2.82. The van der Waals surface area contributed by atoms with Crippen molar-refractivity contribution in [3.05, 3.63) is 29.0 Å². The second-order valence-corrected chi connectivity index (χ2v) is 7.07. The molecule has 1 fully saturated rings. The van der Waals surface area contributed by atoms with Crippen molar-refractivity contribution >= 4 is 23.5 Å². The third-order valence-electron chi connectivity index (χ3n) is 5.25. The van der Waals surface area contributed by atoms with E-state index in [1.165, 1.54) is 6.20 Å². The van der Waals surface area contributed by atoms with Gasteiger partial charge < -0.3 is 10.4 Å².